The molecule has 0 saturated heterocycles. The van der Waals surface area contributed by atoms with E-state index >= 15 is 0 Å². The third-order valence-electron chi connectivity index (χ3n) is 4.81. The van der Waals surface area contributed by atoms with Crippen LogP contribution < -0.4 is 14.8 Å². The van der Waals surface area contributed by atoms with Crippen molar-refractivity contribution in [1.82, 2.24) is 15.0 Å². The molecule has 0 saturated carbocycles. The van der Waals surface area contributed by atoms with E-state index in [0.29, 0.717) is 22.9 Å². The maximum atomic E-state index is 12.5. The van der Waals surface area contributed by atoms with Crippen molar-refractivity contribution >= 4 is 34.3 Å². The largest absolute Gasteiger partial charge is 0.493 e. The zero-order valence-corrected chi connectivity index (χ0v) is 18.8. The molecule has 4 rings (SSSR count). The number of hydrogen-bond donors (Lipinski definition) is 1. The van der Waals surface area contributed by atoms with Gasteiger partial charge < -0.3 is 14.8 Å². The first-order valence-electron chi connectivity index (χ1n) is 9.98. The molecule has 0 bridgehead atoms. The summed E-state index contributed by atoms with van der Waals surface area (Å²) in [5.74, 6) is 1.31. The number of ether oxygens (including phenoxy) is 2. The lowest BCUT2D eigenvalue weighted by Gasteiger charge is -2.23. The van der Waals surface area contributed by atoms with E-state index in [0.717, 1.165) is 16.8 Å². The van der Waals surface area contributed by atoms with Crippen molar-refractivity contribution in [1.29, 1.82) is 0 Å². The van der Waals surface area contributed by atoms with Crippen LogP contribution in [0.15, 0.2) is 66.2 Å². The number of nitrogens with zero attached hydrogens (tertiary/aromatic N) is 4. The van der Waals surface area contributed by atoms with Crippen LogP contribution in [0.1, 0.15) is 21.6 Å². The summed E-state index contributed by atoms with van der Waals surface area (Å²) in [5, 5.41) is 8.64. The highest BCUT2D eigenvalue weighted by molar-refractivity contribution is 8.14. The van der Waals surface area contributed by atoms with Gasteiger partial charge >= 0.3 is 5.24 Å². The third-order valence-corrected chi connectivity index (χ3v) is 5.69. The van der Waals surface area contributed by atoms with Gasteiger partial charge in [-0.1, -0.05) is 23.9 Å². The standard InChI is InChI=1S/C23H21N5O4S/c1-31-20-7-6-16(11-21(20)32-2)19-14-33-23(30)28(27-19)13-15-4-3-5-17(10-15)26-22(29)18-12-24-8-9-25-18/h3-12H,13-14H2,1-2H3,(H,26,29). The Balaban J connectivity index is 1.51. The minimum absolute atomic E-state index is 0.145. The summed E-state index contributed by atoms with van der Waals surface area (Å²) >= 11 is 1.18. The van der Waals surface area contributed by atoms with E-state index in [1.54, 1.807) is 26.4 Å². The van der Waals surface area contributed by atoms with Gasteiger partial charge in [-0.15, -0.1) is 0 Å². The molecule has 0 spiro atoms. The van der Waals surface area contributed by atoms with Gasteiger partial charge in [0.1, 0.15) is 5.69 Å². The number of thioether (sulfide) groups is 1. The third kappa shape index (κ3) is 5.29. The van der Waals surface area contributed by atoms with Crippen LogP contribution in [0.5, 0.6) is 11.5 Å². The summed E-state index contributed by atoms with van der Waals surface area (Å²) < 4.78 is 10.7. The highest BCUT2D eigenvalue weighted by Gasteiger charge is 2.23. The van der Waals surface area contributed by atoms with E-state index in [4.69, 9.17) is 9.47 Å². The zero-order valence-electron chi connectivity index (χ0n) is 18.0. The highest BCUT2D eigenvalue weighted by Crippen LogP contribution is 2.30. The molecule has 2 heterocycles. The van der Waals surface area contributed by atoms with Crippen molar-refractivity contribution in [3.8, 4) is 11.5 Å². The molecule has 0 radical (unpaired) electrons. The summed E-state index contributed by atoms with van der Waals surface area (Å²) in [4.78, 5) is 32.7. The average molecular weight is 464 g/mol. The van der Waals surface area contributed by atoms with Crippen LogP contribution in [-0.2, 0) is 6.54 Å². The van der Waals surface area contributed by atoms with Gasteiger partial charge in [0.15, 0.2) is 11.5 Å². The van der Waals surface area contributed by atoms with Crippen LogP contribution in [0.4, 0.5) is 10.5 Å². The van der Waals surface area contributed by atoms with Crippen molar-refractivity contribution < 1.29 is 19.1 Å². The van der Waals surface area contributed by atoms with Crippen LogP contribution in [0.3, 0.4) is 0 Å². The van der Waals surface area contributed by atoms with E-state index in [1.807, 2.05) is 30.3 Å². The lowest BCUT2D eigenvalue weighted by molar-refractivity contribution is 0.102. The Morgan fingerprint density at radius 3 is 2.73 bits per heavy atom. The van der Waals surface area contributed by atoms with Crippen molar-refractivity contribution in [2.24, 2.45) is 5.10 Å². The minimum Gasteiger partial charge on any atom is -0.493 e. The number of carbonyl (C=O) groups excluding carboxylic acids is 2. The molecule has 2 amide bonds. The lowest BCUT2D eigenvalue weighted by Crippen LogP contribution is -2.29. The molecule has 9 nitrogen and oxygen atoms in total. The number of aromatic nitrogens is 2. The first kappa shape index (κ1) is 22.3. The predicted molar refractivity (Wildman–Crippen MR) is 126 cm³/mol. The first-order chi connectivity index (χ1) is 16.1. The second kappa shape index (κ2) is 10.1. The number of hydrogen-bond acceptors (Lipinski definition) is 8. The summed E-state index contributed by atoms with van der Waals surface area (Å²) in [6.45, 7) is 0.261. The summed E-state index contributed by atoms with van der Waals surface area (Å²) in [6.07, 6.45) is 4.36. The summed E-state index contributed by atoms with van der Waals surface area (Å²) in [7, 11) is 3.15. The van der Waals surface area contributed by atoms with Crippen molar-refractivity contribution in [2.75, 3.05) is 25.3 Å². The Labute approximate surface area is 194 Å². The number of rotatable bonds is 7. The van der Waals surface area contributed by atoms with E-state index in [1.165, 1.54) is 35.4 Å². The van der Waals surface area contributed by atoms with Crippen LogP contribution in [-0.4, -0.2) is 51.8 Å². The summed E-state index contributed by atoms with van der Waals surface area (Å²) in [5.41, 5.74) is 3.23. The van der Waals surface area contributed by atoms with Gasteiger partial charge in [-0.05, 0) is 35.9 Å². The first-order valence-corrected chi connectivity index (χ1v) is 11.0. The molecule has 0 atom stereocenters. The molecule has 33 heavy (non-hydrogen) atoms. The number of nitrogens with one attached hydrogen (secondary N) is 1. The predicted octanol–water partition coefficient (Wildman–Crippen LogP) is 3.82. The average Bonchev–Trinajstić information content (AvgIpc) is 2.85. The minimum atomic E-state index is -0.362. The highest BCUT2D eigenvalue weighted by atomic mass is 32.2. The number of carbonyl (C=O) groups is 2. The molecular formula is C23H21N5O4S. The van der Waals surface area contributed by atoms with Crippen LogP contribution in [0, 0.1) is 0 Å². The summed E-state index contributed by atoms with van der Waals surface area (Å²) in [6, 6.07) is 12.8. The second-order valence-electron chi connectivity index (χ2n) is 6.97. The van der Waals surface area contributed by atoms with Crippen LogP contribution >= 0.6 is 11.8 Å². The molecule has 0 unspecified atom stereocenters. The van der Waals surface area contributed by atoms with Gasteiger partial charge in [-0.2, -0.15) is 5.10 Å². The Kier molecular flexibility index (Phi) is 6.84. The van der Waals surface area contributed by atoms with Crippen molar-refractivity contribution in [2.45, 2.75) is 6.54 Å². The van der Waals surface area contributed by atoms with Gasteiger partial charge in [-0.25, -0.2) is 9.99 Å². The smallest absolute Gasteiger partial charge is 0.302 e. The Bertz CT molecular complexity index is 1200. The quantitative estimate of drug-likeness (QED) is 0.568. The second-order valence-corrected chi connectivity index (χ2v) is 7.90. The van der Waals surface area contributed by atoms with E-state index < -0.39 is 0 Å². The number of benzene rings is 2. The molecule has 0 aliphatic carbocycles. The van der Waals surface area contributed by atoms with Crippen LogP contribution in [0.2, 0.25) is 0 Å². The normalized spacial score (nSPS) is 13.3. The molecule has 0 fully saturated rings. The van der Waals surface area contributed by atoms with Crippen LogP contribution in [0.25, 0.3) is 0 Å². The topological polar surface area (TPSA) is 106 Å². The maximum Gasteiger partial charge on any atom is 0.302 e. The fourth-order valence-electron chi connectivity index (χ4n) is 3.21. The monoisotopic (exact) mass is 463 g/mol. The van der Waals surface area contributed by atoms with Crippen molar-refractivity contribution in [3.05, 3.63) is 77.9 Å². The Hall–Kier alpha value is -3.92. The van der Waals surface area contributed by atoms with Gasteiger partial charge in [-0.3, -0.25) is 14.6 Å². The SMILES string of the molecule is COc1ccc(C2=NN(Cc3cccc(NC(=O)c4cnccn4)c3)C(=O)SC2)cc1OC. The molecule has 2 aromatic carbocycles. The van der Waals surface area contributed by atoms with E-state index in [9.17, 15) is 9.59 Å². The van der Waals surface area contributed by atoms with E-state index in [-0.39, 0.29) is 23.4 Å². The Morgan fingerprint density at radius 2 is 1.97 bits per heavy atom. The molecule has 1 N–H and O–H groups in total. The number of methoxy groups -OCH3 is 2. The molecule has 3 aromatic rings. The van der Waals surface area contributed by atoms with Gasteiger partial charge in [0.2, 0.25) is 0 Å². The maximum absolute atomic E-state index is 12.5. The Morgan fingerprint density at radius 1 is 1.12 bits per heavy atom. The van der Waals surface area contributed by atoms with Gasteiger partial charge in [0, 0.05) is 29.4 Å². The number of anilines is 1. The van der Waals surface area contributed by atoms with Gasteiger partial charge in [0.05, 0.1) is 32.7 Å². The van der Waals surface area contributed by atoms with E-state index in [2.05, 4.69) is 20.4 Å². The number of hydrazone groups is 1. The molecule has 1 aliphatic rings. The molecule has 168 valence electrons. The molecule has 10 heteroatoms. The molecule has 1 aromatic heterocycles. The van der Waals surface area contributed by atoms with Crippen molar-refractivity contribution in [3.63, 3.8) is 0 Å². The van der Waals surface area contributed by atoms with Gasteiger partial charge in [0.25, 0.3) is 5.91 Å². The lowest BCUT2D eigenvalue weighted by atomic mass is 10.1. The number of amides is 2. The fourth-order valence-corrected chi connectivity index (χ4v) is 3.95. The molecule has 1 aliphatic heterocycles. The zero-order chi connectivity index (χ0) is 23.2. The fraction of sp³-hybridized carbons (Fsp3) is 0.174. The molecular weight excluding hydrogens is 442 g/mol.